The Morgan fingerprint density at radius 3 is 2.19 bits per heavy atom. The summed E-state index contributed by atoms with van der Waals surface area (Å²) < 4.78 is 5.31. The lowest BCUT2D eigenvalue weighted by atomic mass is 9.88. The minimum atomic E-state index is -0.687. The van der Waals surface area contributed by atoms with Crippen LogP contribution in [-0.4, -0.2) is 47.8 Å². The molecular formula is C12H23NO3. The lowest BCUT2D eigenvalue weighted by Crippen LogP contribution is -2.57. The van der Waals surface area contributed by atoms with Crippen LogP contribution in [0.4, 0.5) is 0 Å². The Morgan fingerprint density at radius 1 is 1.38 bits per heavy atom. The van der Waals surface area contributed by atoms with Crippen molar-refractivity contribution in [2.45, 2.75) is 51.2 Å². The van der Waals surface area contributed by atoms with Gasteiger partial charge in [0.2, 0.25) is 0 Å². The Hall–Kier alpha value is -0.610. The summed E-state index contributed by atoms with van der Waals surface area (Å²) in [4.78, 5) is 13.6. The number of hydrogen-bond donors (Lipinski definition) is 1. The van der Waals surface area contributed by atoms with Gasteiger partial charge in [-0.05, 0) is 25.7 Å². The quantitative estimate of drug-likeness (QED) is 0.780. The first-order valence-electron chi connectivity index (χ1n) is 6.12. The van der Waals surface area contributed by atoms with E-state index < -0.39 is 11.5 Å². The molecule has 1 N–H and O–H groups in total. The van der Waals surface area contributed by atoms with E-state index in [1.54, 1.807) is 7.11 Å². The second-order valence-electron chi connectivity index (χ2n) is 4.47. The monoisotopic (exact) mass is 229 g/mol. The van der Waals surface area contributed by atoms with Crippen LogP contribution in [0.1, 0.15) is 39.5 Å². The van der Waals surface area contributed by atoms with Crippen molar-refractivity contribution in [3.05, 3.63) is 0 Å². The molecule has 0 aliphatic carbocycles. The van der Waals surface area contributed by atoms with Crippen molar-refractivity contribution in [2.24, 2.45) is 0 Å². The van der Waals surface area contributed by atoms with Crippen molar-refractivity contribution < 1.29 is 14.6 Å². The van der Waals surface area contributed by atoms with Crippen molar-refractivity contribution in [1.82, 2.24) is 4.90 Å². The van der Waals surface area contributed by atoms with E-state index in [4.69, 9.17) is 4.74 Å². The van der Waals surface area contributed by atoms with Crippen LogP contribution in [0.25, 0.3) is 0 Å². The molecule has 4 nitrogen and oxygen atoms in total. The van der Waals surface area contributed by atoms with Gasteiger partial charge in [0, 0.05) is 20.2 Å². The minimum Gasteiger partial charge on any atom is -0.480 e. The molecular weight excluding hydrogens is 206 g/mol. The van der Waals surface area contributed by atoms with Gasteiger partial charge in [-0.25, -0.2) is 0 Å². The largest absolute Gasteiger partial charge is 0.480 e. The Labute approximate surface area is 97.6 Å². The van der Waals surface area contributed by atoms with Gasteiger partial charge in [0.05, 0.1) is 6.10 Å². The third kappa shape index (κ3) is 2.38. The number of hydrogen-bond acceptors (Lipinski definition) is 3. The van der Waals surface area contributed by atoms with E-state index in [2.05, 4.69) is 4.90 Å². The predicted octanol–water partition coefficient (Wildman–Crippen LogP) is 1.74. The number of ether oxygens (including phenoxy) is 1. The SMILES string of the molecule is CCC(CC)(C(=O)O)N1CCC(OC)CC1. The van der Waals surface area contributed by atoms with Gasteiger partial charge in [0.25, 0.3) is 0 Å². The van der Waals surface area contributed by atoms with Crippen LogP contribution in [0.2, 0.25) is 0 Å². The van der Waals surface area contributed by atoms with Crippen molar-refractivity contribution in [1.29, 1.82) is 0 Å². The molecule has 0 atom stereocenters. The van der Waals surface area contributed by atoms with E-state index in [1.165, 1.54) is 0 Å². The fourth-order valence-corrected chi connectivity index (χ4v) is 2.65. The summed E-state index contributed by atoms with van der Waals surface area (Å²) in [6.07, 6.45) is 3.50. The zero-order valence-corrected chi connectivity index (χ0v) is 10.5. The first-order valence-corrected chi connectivity index (χ1v) is 6.12. The average molecular weight is 229 g/mol. The average Bonchev–Trinajstić information content (AvgIpc) is 2.32. The molecule has 1 saturated heterocycles. The topological polar surface area (TPSA) is 49.8 Å². The minimum absolute atomic E-state index is 0.302. The molecule has 0 spiro atoms. The molecule has 16 heavy (non-hydrogen) atoms. The molecule has 0 amide bonds. The van der Waals surface area contributed by atoms with Crippen molar-refractivity contribution in [3.8, 4) is 0 Å². The molecule has 1 aliphatic heterocycles. The standard InChI is InChI=1S/C12H23NO3/c1-4-12(5-2,11(14)15)13-8-6-10(16-3)7-9-13/h10H,4-9H2,1-3H3,(H,14,15). The lowest BCUT2D eigenvalue weighted by Gasteiger charge is -2.43. The van der Waals surface area contributed by atoms with E-state index >= 15 is 0 Å². The fraction of sp³-hybridized carbons (Fsp3) is 0.917. The van der Waals surface area contributed by atoms with Gasteiger partial charge < -0.3 is 9.84 Å². The number of carbonyl (C=O) groups is 1. The maximum absolute atomic E-state index is 11.5. The highest BCUT2D eigenvalue weighted by Crippen LogP contribution is 2.28. The molecule has 0 aromatic rings. The number of aliphatic carboxylic acids is 1. The molecule has 0 aromatic heterocycles. The maximum Gasteiger partial charge on any atom is 0.324 e. The number of rotatable bonds is 5. The summed E-state index contributed by atoms with van der Waals surface area (Å²) in [7, 11) is 1.73. The highest BCUT2D eigenvalue weighted by molar-refractivity contribution is 5.78. The van der Waals surface area contributed by atoms with Gasteiger partial charge in [0.15, 0.2) is 0 Å². The Balaban J connectivity index is 2.71. The van der Waals surface area contributed by atoms with Crippen molar-refractivity contribution in [2.75, 3.05) is 20.2 Å². The highest BCUT2D eigenvalue weighted by atomic mass is 16.5. The molecule has 4 heteroatoms. The van der Waals surface area contributed by atoms with Gasteiger partial charge in [-0.3, -0.25) is 9.69 Å². The summed E-state index contributed by atoms with van der Waals surface area (Å²) in [6, 6.07) is 0. The number of likely N-dealkylation sites (tertiary alicyclic amines) is 1. The first kappa shape index (κ1) is 13.5. The Bertz CT molecular complexity index is 230. The van der Waals surface area contributed by atoms with Gasteiger partial charge >= 0.3 is 5.97 Å². The molecule has 0 unspecified atom stereocenters. The maximum atomic E-state index is 11.5. The van der Waals surface area contributed by atoms with Gasteiger partial charge in [-0.15, -0.1) is 0 Å². The molecule has 0 radical (unpaired) electrons. The molecule has 0 aromatic carbocycles. The van der Waals surface area contributed by atoms with Crippen LogP contribution < -0.4 is 0 Å². The van der Waals surface area contributed by atoms with Crippen LogP contribution >= 0.6 is 0 Å². The molecule has 1 rings (SSSR count). The number of carboxylic acids is 1. The van der Waals surface area contributed by atoms with Crippen LogP contribution in [0, 0.1) is 0 Å². The molecule has 1 heterocycles. The smallest absolute Gasteiger partial charge is 0.324 e. The van der Waals surface area contributed by atoms with Gasteiger partial charge in [-0.1, -0.05) is 13.8 Å². The number of nitrogens with zero attached hydrogens (tertiary/aromatic N) is 1. The number of carboxylic acid groups (broad SMARTS) is 1. The third-order valence-electron chi connectivity index (χ3n) is 3.95. The third-order valence-corrected chi connectivity index (χ3v) is 3.95. The van der Waals surface area contributed by atoms with E-state index in [9.17, 15) is 9.90 Å². The fourth-order valence-electron chi connectivity index (χ4n) is 2.65. The van der Waals surface area contributed by atoms with Crippen molar-refractivity contribution in [3.63, 3.8) is 0 Å². The van der Waals surface area contributed by atoms with Gasteiger partial charge in [0.1, 0.15) is 5.54 Å². The Morgan fingerprint density at radius 2 is 1.88 bits per heavy atom. The highest BCUT2D eigenvalue weighted by Gasteiger charge is 2.42. The summed E-state index contributed by atoms with van der Waals surface area (Å²) in [5, 5.41) is 9.43. The van der Waals surface area contributed by atoms with Crippen molar-refractivity contribution >= 4 is 5.97 Å². The second-order valence-corrected chi connectivity index (χ2v) is 4.47. The van der Waals surface area contributed by atoms with Crippen LogP contribution in [-0.2, 0) is 9.53 Å². The molecule has 1 fully saturated rings. The Kier molecular flexibility index (Phi) is 4.74. The van der Waals surface area contributed by atoms with E-state index in [0.29, 0.717) is 18.9 Å². The molecule has 0 bridgehead atoms. The summed E-state index contributed by atoms with van der Waals surface area (Å²) in [5.74, 6) is -0.687. The van der Waals surface area contributed by atoms with E-state index in [0.717, 1.165) is 25.9 Å². The van der Waals surface area contributed by atoms with Crippen LogP contribution in [0.5, 0.6) is 0 Å². The predicted molar refractivity (Wildman–Crippen MR) is 62.6 cm³/mol. The van der Waals surface area contributed by atoms with Crippen LogP contribution in [0.15, 0.2) is 0 Å². The van der Waals surface area contributed by atoms with Crippen LogP contribution in [0.3, 0.4) is 0 Å². The number of piperidine rings is 1. The summed E-state index contributed by atoms with van der Waals surface area (Å²) in [6.45, 7) is 5.57. The summed E-state index contributed by atoms with van der Waals surface area (Å²) in [5.41, 5.74) is -0.668. The second kappa shape index (κ2) is 5.64. The normalized spacial score (nSPS) is 19.9. The molecule has 94 valence electrons. The zero-order valence-electron chi connectivity index (χ0n) is 10.5. The van der Waals surface area contributed by atoms with E-state index in [1.807, 2.05) is 13.8 Å². The van der Waals surface area contributed by atoms with E-state index in [-0.39, 0.29) is 0 Å². The number of methoxy groups -OCH3 is 1. The molecule has 1 aliphatic rings. The molecule has 0 saturated carbocycles. The lowest BCUT2D eigenvalue weighted by molar-refractivity contribution is -0.154. The summed E-state index contributed by atoms with van der Waals surface area (Å²) >= 11 is 0. The first-order chi connectivity index (χ1) is 7.60. The zero-order chi connectivity index (χ0) is 12.2. The van der Waals surface area contributed by atoms with Gasteiger partial charge in [-0.2, -0.15) is 0 Å².